The van der Waals surface area contributed by atoms with Gasteiger partial charge in [0.2, 0.25) is 0 Å². The molecule has 4 heteroatoms. The number of ether oxygens (including phenoxy) is 1. The zero-order valence-electron chi connectivity index (χ0n) is 11.5. The van der Waals surface area contributed by atoms with Crippen LogP contribution in [-0.4, -0.2) is 17.7 Å². The Balaban J connectivity index is 0.00000256. The molecular formula is C13H23NaO3. The zero-order valence-corrected chi connectivity index (χ0v) is 13.5. The number of carboxylic acid groups (broad SMARTS) is 1. The second-order valence-electron chi connectivity index (χ2n) is 5.00. The smallest absolute Gasteiger partial charge is 0.547 e. The summed E-state index contributed by atoms with van der Waals surface area (Å²) in [5, 5.41) is 10.5. The van der Waals surface area contributed by atoms with Crippen molar-refractivity contribution in [3.05, 3.63) is 0 Å². The molecule has 1 saturated heterocycles. The summed E-state index contributed by atoms with van der Waals surface area (Å²) in [7, 11) is 0. The predicted octanol–water partition coefficient (Wildman–Crippen LogP) is -0.961. The number of carbonyl (C=O) groups is 1. The molecule has 17 heavy (non-hydrogen) atoms. The van der Waals surface area contributed by atoms with Crippen molar-refractivity contribution in [1.82, 2.24) is 0 Å². The van der Waals surface area contributed by atoms with Crippen LogP contribution >= 0.6 is 0 Å². The van der Waals surface area contributed by atoms with Gasteiger partial charge in [0.15, 0.2) is 0 Å². The van der Waals surface area contributed by atoms with Gasteiger partial charge in [-0.1, -0.05) is 51.9 Å². The maximum atomic E-state index is 10.5. The normalized spacial score (nSPS) is 26.4. The molecule has 1 aliphatic rings. The largest absolute Gasteiger partial charge is 1.00 e. The fourth-order valence-electron chi connectivity index (χ4n) is 2.16. The molecule has 0 bridgehead atoms. The molecule has 0 radical (unpaired) electrons. The summed E-state index contributed by atoms with van der Waals surface area (Å²) in [5.74, 6) is -1.06. The van der Waals surface area contributed by atoms with Crippen molar-refractivity contribution >= 4 is 5.97 Å². The topological polar surface area (TPSA) is 52.7 Å². The zero-order chi connectivity index (χ0) is 12.0. The van der Waals surface area contributed by atoms with Gasteiger partial charge in [0.25, 0.3) is 0 Å². The van der Waals surface area contributed by atoms with E-state index in [-0.39, 0.29) is 29.6 Å². The summed E-state index contributed by atoms with van der Waals surface area (Å²) in [4.78, 5) is 10.5. The van der Waals surface area contributed by atoms with E-state index in [0.717, 1.165) is 12.8 Å². The molecule has 0 saturated carbocycles. The first kappa shape index (κ1) is 17.4. The molecule has 1 aliphatic heterocycles. The Bertz CT molecular complexity index is 233. The van der Waals surface area contributed by atoms with Crippen molar-refractivity contribution in [1.29, 1.82) is 0 Å². The summed E-state index contributed by atoms with van der Waals surface area (Å²) in [6, 6.07) is 0. The van der Waals surface area contributed by atoms with Crippen LogP contribution in [-0.2, 0) is 9.53 Å². The van der Waals surface area contributed by atoms with Crippen molar-refractivity contribution in [2.75, 3.05) is 0 Å². The SMILES string of the molecule is CCCCCCCCCC1(C)OC1C(=O)[O-].[Na+]. The van der Waals surface area contributed by atoms with E-state index in [1.54, 1.807) is 0 Å². The molecule has 0 spiro atoms. The molecule has 0 aromatic heterocycles. The second kappa shape index (κ2) is 8.52. The first-order chi connectivity index (χ1) is 7.60. The van der Waals surface area contributed by atoms with Crippen molar-refractivity contribution in [3.63, 3.8) is 0 Å². The molecule has 1 fully saturated rings. The molecule has 94 valence electrons. The van der Waals surface area contributed by atoms with Crippen LogP contribution in [0.4, 0.5) is 0 Å². The van der Waals surface area contributed by atoms with Crippen LogP contribution in [0.2, 0.25) is 0 Å². The third-order valence-electron chi connectivity index (χ3n) is 3.38. The standard InChI is InChI=1S/C13H24O3.Na/c1-3-4-5-6-7-8-9-10-13(2)11(16-13)12(14)15;/h11H,3-10H2,1-2H3,(H,14,15);/q;+1/p-1. The number of epoxide rings is 1. The van der Waals surface area contributed by atoms with Crippen molar-refractivity contribution < 1.29 is 44.2 Å². The van der Waals surface area contributed by atoms with E-state index < -0.39 is 17.7 Å². The summed E-state index contributed by atoms with van der Waals surface area (Å²) in [6.45, 7) is 4.08. The number of carbonyl (C=O) groups excluding carboxylic acids is 1. The van der Waals surface area contributed by atoms with Gasteiger partial charge in [0.05, 0.1) is 11.6 Å². The van der Waals surface area contributed by atoms with E-state index >= 15 is 0 Å². The monoisotopic (exact) mass is 250 g/mol. The van der Waals surface area contributed by atoms with E-state index in [1.165, 1.54) is 38.5 Å². The Morgan fingerprint density at radius 1 is 1.18 bits per heavy atom. The van der Waals surface area contributed by atoms with Gasteiger partial charge >= 0.3 is 29.6 Å². The molecule has 1 rings (SSSR count). The first-order valence-corrected chi connectivity index (χ1v) is 6.49. The van der Waals surface area contributed by atoms with Crippen molar-refractivity contribution in [2.45, 2.75) is 76.9 Å². The Morgan fingerprint density at radius 3 is 2.18 bits per heavy atom. The van der Waals surface area contributed by atoms with Gasteiger partial charge in [-0.05, 0) is 13.3 Å². The molecule has 3 nitrogen and oxygen atoms in total. The van der Waals surface area contributed by atoms with Crippen molar-refractivity contribution in [2.24, 2.45) is 0 Å². The van der Waals surface area contributed by atoms with E-state index in [0.29, 0.717) is 0 Å². The summed E-state index contributed by atoms with van der Waals surface area (Å²) < 4.78 is 5.15. The number of carboxylic acids is 1. The van der Waals surface area contributed by atoms with Gasteiger partial charge in [0.1, 0.15) is 6.10 Å². The van der Waals surface area contributed by atoms with Gasteiger partial charge in [0, 0.05) is 0 Å². The van der Waals surface area contributed by atoms with Crippen molar-refractivity contribution in [3.8, 4) is 0 Å². The Morgan fingerprint density at radius 2 is 1.71 bits per heavy atom. The van der Waals surface area contributed by atoms with Crippen LogP contribution in [0.5, 0.6) is 0 Å². The van der Waals surface area contributed by atoms with E-state index in [1.807, 2.05) is 6.92 Å². The van der Waals surface area contributed by atoms with Crippen LogP contribution < -0.4 is 34.7 Å². The quantitative estimate of drug-likeness (QED) is 0.301. The maximum Gasteiger partial charge on any atom is 1.00 e. The molecule has 0 aliphatic carbocycles. The van der Waals surface area contributed by atoms with Crippen LogP contribution in [0.1, 0.15) is 65.2 Å². The molecule has 0 aromatic carbocycles. The van der Waals surface area contributed by atoms with Crippen LogP contribution in [0.25, 0.3) is 0 Å². The third-order valence-corrected chi connectivity index (χ3v) is 3.38. The third kappa shape index (κ3) is 6.23. The van der Waals surface area contributed by atoms with Gasteiger partial charge in [-0.3, -0.25) is 0 Å². The minimum Gasteiger partial charge on any atom is -0.547 e. The van der Waals surface area contributed by atoms with Crippen LogP contribution in [0.15, 0.2) is 0 Å². The Kier molecular flexibility index (Phi) is 8.73. The average molecular weight is 250 g/mol. The summed E-state index contributed by atoms with van der Waals surface area (Å²) in [5.41, 5.74) is -0.428. The van der Waals surface area contributed by atoms with Crippen LogP contribution in [0, 0.1) is 0 Å². The maximum absolute atomic E-state index is 10.5. The number of hydrogen-bond acceptors (Lipinski definition) is 3. The Hall–Kier alpha value is 0.430. The van der Waals surface area contributed by atoms with Gasteiger partial charge in [-0.2, -0.15) is 0 Å². The summed E-state index contributed by atoms with van der Waals surface area (Å²) >= 11 is 0. The number of aliphatic carboxylic acids is 1. The van der Waals surface area contributed by atoms with Crippen LogP contribution in [0.3, 0.4) is 0 Å². The summed E-state index contributed by atoms with van der Waals surface area (Å²) in [6.07, 6.45) is 8.92. The molecule has 2 atom stereocenters. The molecule has 0 N–H and O–H groups in total. The first-order valence-electron chi connectivity index (χ1n) is 6.49. The van der Waals surface area contributed by atoms with Gasteiger partial charge < -0.3 is 14.6 Å². The fraction of sp³-hybridized carbons (Fsp3) is 0.923. The minimum atomic E-state index is -1.06. The molecule has 0 aromatic rings. The minimum absolute atomic E-state index is 0. The average Bonchev–Trinajstić information content (AvgIpc) is 2.90. The van der Waals surface area contributed by atoms with Gasteiger partial charge in [-0.15, -0.1) is 0 Å². The molecule has 0 amide bonds. The second-order valence-corrected chi connectivity index (χ2v) is 5.00. The van der Waals surface area contributed by atoms with Gasteiger partial charge in [-0.25, -0.2) is 0 Å². The number of rotatable bonds is 9. The predicted molar refractivity (Wildman–Crippen MR) is 60.9 cm³/mol. The molecule has 1 heterocycles. The van der Waals surface area contributed by atoms with E-state index in [4.69, 9.17) is 4.74 Å². The van der Waals surface area contributed by atoms with E-state index in [2.05, 4.69) is 6.92 Å². The molecular weight excluding hydrogens is 227 g/mol. The van der Waals surface area contributed by atoms with E-state index in [9.17, 15) is 9.90 Å². The number of hydrogen-bond donors (Lipinski definition) is 0. The Labute approximate surface area is 127 Å². The number of unbranched alkanes of at least 4 members (excludes halogenated alkanes) is 6. The fourth-order valence-corrected chi connectivity index (χ4v) is 2.16. The molecule has 2 unspecified atom stereocenters.